The molecule has 1 aromatic heterocycles. The molecule has 0 amide bonds. The van der Waals surface area contributed by atoms with Gasteiger partial charge in [-0.1, -0.05) is 0 Å². The minimum Gasteiger partial charge on any atom is -0.508 e. The van der Waals surface area contributed by atoms with Crippen LogP contribution in [0.5, 0.6) is 17.2 Å². The fourth-order valence-corrected chi connectivity index (χ4v) is 3.82. The van der Waals surface area contributed by atoms with Crippen LogP contribution in [0.4, 0.5) is 11.4 Å². The van der Waals surface area contributed by atoms with E-state index in [1.807, 2.05) is 26.0 Å². The van der Waals surface area contributed by atoms with Crippen LogP contribution in [0.1, 0.15) is 16.8 Å². The highest BCUT2D eigenvalue weighted by Gasteiger charge is 2.27. The summed E-state index contributed by atoms with van der Waals surface area (Å²) < 4.78 is 11.0. The first-order chi connectivity index (χ1) is 12.5. The average molecular weight is 350 g/mol. The lowest BCUT2D eigenvalue weighted by molar-refractivity contribution is 0.397. The first-order valence-corrected chi connectivity index (χ1v) is 8.65. The van der Waals surface area contributed by atoms with Crippen molar-refractivity contribution < 1.29 is 14.6 Å². The zero-order valence-electron chi connectivity index (χ0n) is 15.5. The molecule has 26 heavy (non-hydrogen) atoms. The van der Waals surface area contributed by atoms with Crippen LogP contribution in [0.15, 0.2) is 30.3 Å². The van der Waals surface area contributed by atoms with E-state index in [2.05, 4.69) is 11.0 Å². The van der Waals surface area contributed by atoms with E-state index in [0.29, 0.717) is 5.75 Å². The highest BCUT2D eigenvalue weighted by molar-refractivity contribution is 6.01. The number of benzene rings is 2. The number of aryl methyl sites for hydroxylation is 2. The SMILES string of the molecule is COc1cc(OC)c2nc(C)c3c(c2c1)N(c1cc(C)cc(O)c1)CC3. The van der Waals surface area contributed by atoms with E-state index in [1.54, 1.807) is 26.4 Å². The number of nitrogens with zero attached hydrogens (tertiary/aromatic N) is 2. The maximum Gasteiger partial charge on any atom is 0.148 e. The van der Waals surface area contributed by atoms with Gasteiger partial charge in [0.05, 0.1) is 19.9 Å². The average Bonchev–Trinajstić information content (AvgIpc) is 3.06. The number of pyridine rings is 1. The van der Waals surface area contributed by atoms with E-state index < -0.39 is 0 Å². The number of phenols is 1. The van der Waals surface area contributed by atoms with E-state index >= 15 is 0 Å². The minimum absolute atomic E-state index is 0.277. The van der Waals surface area contributed by atoms with Gasteiger partial charge in [0, 0.05) is 35.4 Å². The van der Waals surface area contributed by atoms with Crippen LogP contribution in [-0.4, -0.2) is 30.9 Å². The van der Waals surface area contributed by atoms with Crippen molar-refractivity contribution in [1.82, 2.24) is 4.98 Å². The smallest absolute Gasteiger partial charge is 0.148 e. The van der Waals surface area contributed by atoms with Gasteiger partial charge in [-0.2, -0.15) is 0 Å². The number of fused-ring (bicyclic) bond motifs is 3. The van der Waals surface area contributed by atoms with Crippen molar-refractivity contribution in [1.29, 1.82) is 0 Å². The molecule has 0 saturated carbocycles. The monoisotopic (exact) mass is 350 g/mol. The fourth-order valence-electron chi connectivity index (χ4n) is 3.82. The number of anilines is 2. The summed E-state index contributed by atoms with van der Waals surface area (Å²) >= 11 is 0. The van der Waals surface area contributed by atoms with Crippen LogP contribution in [0.3, 0.4) is 0 Å². The van der Waals surface area contributed by atoms with Gasteiger partial charge in [0.2, 0.25) is 0 Å². The third kappa shape index (κ3) is 2.51. The Hall–Kier alpha value is -2.95. The Labute approximate surface area is 152 Å². The number of hydrogen-bond acceptors (Lipinski definition) is 5. The van der Waals surface area contributed by atoms with Crippen LogP contribution in [0.25, 0.3) is 10.9 Å². The molecule has 1 N–H and O–H groups in total. The number of methoxy groups -OCH3 is 2. The first kappa shape index (κ1) is 16.5. The highest BCUT2D eigenvalue weighted by Crippen LogP contribution is 2.45. The maximum atomic E-state index is 10.1. The number of aromatic nitrogens is 1. The Morgan fingerprint density at radius 1 is 1.04 bits per heavy atom. The third-order valence-electron chi connectivity index (χ3n) is 4.98. The van der Waals surface area contributed by atoms with Crippen molar-refractivity contribution >= 4 is 22.3 Å². The van der Waals surface area contributed by atoms with Crippen molar-refractivity contribution in [3.05, 3.63) is 47.2 Å². The molecule has 5 nitrogen and oxygen atoms in total. The van der Waals surface area contributed by atoms with Gasteiger partial charge in [0.1, 0.15) is 22.8 Å². The lowest BCUT2D eigenvalue weighted by Crippen LogP contribution is -2.14. The normalized spacial score (nSPS) is 13.2. The standard InChI is InChI=1S/C21H22N2O3/c1-12-7-14(9-15(24)8-12)23-6-5-17-13(2)22-20-18(21(17)23)10-16(25-3)11-19(20)26-4/h7-11,24H,5-6H2,1-4H3. The summed E-state index contributed by atoms with van der Waals surface area (Å²) in [5.41, 5.74) is 6.20. The lowest BCUT2D eigenvalue weighted by atomic mass is 10.0. The largest absolute Gasteiger partial charge is 0.508 e. The van der Waals surface area contributed by atoms with Crippen molar-refractivity contribution in [2.24, 2.45) is 0 Å². The second-order valence-corrected chi connectivity index (χ2v) is 6.68. The number of hydrogen-bond donors (Lipinski definition) is 1. The summed E-state index contributed by atoms with van der Waals surface area (Å²) in [5.74, 6) is 1.71. The molecule has 0 fully saturated rings. The molecule has 0 saturated heterocycles. The lowest BCUT2D eigenvalue weighted by Gasteiger charge is -2.23. The molecule has 3 aromatic rings. The number of aromatic hydroxyl groups is 1. The van der Waals surface area contributed by atoms with Gasteiger partial charge in [-0.3, -0.25) is 0 Å². The first-order valence-electron chi connectivity index (χ1n) is 8.65. The molecule has 0 spiro atoms. The van der Waals surface area contributed by atoms with Gasteiger partial charge in [-0.25, -0.2) is 4.98 Å². The molecule has 0 aliphatic carbocycles. The van der Waals surface area contributed by atoms with Crippen molar-refractivity contribution in [3.8, 4) is 17.2 Å². The van der Waals surface area contributed by atoms with Crippen LogP contribution in [-0.2, 0) is 6.42 Å². The molecule has 2 heterocycles. The second kappa shape index (κ2) is 6.09. The molecule has 0 bridgehead atoms. The molecule has 4 rings (SSSR count). The number of ether oxygens (including phenoxy) is 2. The second-order valence-electron chi connectivity index (χ2n) is 6.68. The molecular formula is C21H22N2O3. The van der Waals surface area contributed by atoms with Crippen LogP contribution in [0.2, 0.25) is 0 Å². The zero-order valence-corrected chi connectivity index (χ0v) is 15.5. The van der Waals surface area contributed by atoms with Gasteiger partial charge in [-0.05, 0) is 49.6 Å². The van der Waals surface area contributed by atoms with Gasteiger partial charge >= 0.3 is 0 Å². The van der Waals surface area contributed by atoms with Gasteiger partial charge in [0.15, 0.2) is 0 Å². The molecule has 1 aliphatic heterocycles. The minimum atomic E-state index is 0.277. The predicted octanol–water partition coefficient (Wildman–Crippen LogP) is 4.27. The topological polar surface area (TPSA) is 54.8 Å². The third-order valence-corrected chi connectivity index (χ3v) is 4.98. The Morgan fingerprint density at radius 2 is 1.85 bits per heavy atom. The van der Waals surface area contributed by atoms with Gasteiger partial charge in [-0.15, -0.1) is 0 Å². The van der Waals surface area contributed by atoms with Crippen LogP contribution in [0, 0.1) is 13.8 Å². The predicted molar refractivity (Wildman–Crippen MR) is 103 cm³/mol. The summed E-state index contributed by atoms with van der Waals surface area (Å²) in [6.07, 6.45) is 0.915. The van der Waals surface area contributed by atoms with E-state index in [0.717, 1.165) is 52.3 Å². The van der Waals surface area contributed by atoms with Crippen LogP contribution >= 0.6 is 0 Å². The number of phenolic OH excluding ortho intramolecular Hbond substituents is 1. The quantitative estimate of drug-likeness (QED) is 0.764. The number of rotatable bonds is 3. The van der Waals surface area contributed by atoms with E-state index in [-0.39, 0.29) is 5.75 Å². The summed E-state index contributed by atoms with van der Waals surface area (Å²) in [5, 5.41) is 11.1. The van der Waals surface area contributed by atoms with E-state index in [9.17, 15) is 5.11 Å². The maximum absolute atomic E-state index is 10.1. The van der Waals surface area contributed by atoms with E-state index in [4.69, 9.17) is 14.5 Å². The molecule has 0 atom stereocenters. The molecule has 134 valence electrons. The molecule has 1 aliphatic rings. The van der Waals surface area contributed by atoms with Crippen LogP contribution < -0.4 is 14.4 Å². The van der Waals surface area contributed by atoms with Crippen molar-refractivity contribution in [2.75, 3.05) is 25.7 Å². The summed E-state index contributed by atoms with van der Waals surface area (Å²) in [7, 11) is 3.30. The molecular weight excluding hydrogens is 328 g/mol. The highest BCUT2D eigenvalue weighted by atomic mass is 16.5. The Kier molecular flexibility index (Phi) is 3.87. The summed E-state index contributed by atoms with van der Waals surface area (Å²) in [4.78, 5) is 7.05. The molecule has 0 unspecified atom stereocenters. The summed E-state index contributed by atoms with van der Waals surface area (Å²) in [6.45, 7) is 4.88. The van der Waals surface area contributed by atoms with Crippen molar-refractivity contribution in [3.63, 3.8) is 0 Å². The molecule has 2 aromatic carbocycles. The summed E-state index contributed by atoms with van der Waals surface area (Å²) in [6, 6.07) is 9.54. The fraction of sp³-hybridized carbons (Fsp3) is 0.286. The molecule has 5 heteroatoms. The van der Waals surface area contributed by atoms with Gasteiger partial charge in [0.25, 0.3) is 0 Å². The van der Waals surface area contributed by atoms with Gasteiger partial charge < -0.3 is 19.5 Å². The van der Waals surface area contributed by atoms with E-state index in [1.165, 1.54) is 5.56 Å². The Morgan fingerprint density at radius 3 is 2.54 bits per heavy atom. The Balaban J connectivity index is 2.02. The van der Waals surface area contributed by atoms with Crippen molar-refractivity contribution in [2.45, 2.75) is 20.3 Å². The molecule has 0 radical (unpaired) electrons. The Bertz CT molecular complexity index is 994. The zero-order chi connectivity index (χ0) is 18.4.